The van der Waals surface area contributed by atoms with Gasteiger partial charge in [-0.15, -0.1) is 0 Å². The van der Waals surface area contributed by atoms with E-state index >= 15 is 0 Å². The quantitative estimate of drug-likeness (QED) is 0.828. The number of morpholine rings is 1. The summed E-state index contributed by atoms with van der Waals surface area (Å²) in [7, 11) is -3.58. The van der Waals surface area contributed by atoms with E-state index < -0.39 is 16.1 Å². The molecule has 0 amide bonds. The average molecular weight is 300 g/mol. The Morgan fingerprint density at radius 2 is 2.20 bits per heavy atom. The number of para-hydroxylation sites is 1. The van der Waals surface area contributed by atoms with Crippen LogP contribution in [-0.4, -0.2) is 56.8 Å². The van der Waals surface area contributed by atoms with Crippen LogP contribution in [0.4, 0.5) is 5.69 Å². The first-order valence-electron chi connectivity index (χ1n) is 6.65. The van der Waals surface area contributed by atoms with Crippen molar-refractivity contribution in [2.75, 3.05) is 38.2 Å². The molecule has 0 radical (unpaired) electrons. The summed E-state index contributed by atoms with van der Waals surface area (Å²) in [5.74, 6) is 0. The van der Waals surface area contributed by atoms with Crippen LogP contribution in [0.2, 0.25) is 0 Å². The summed E-state index contributed by atoms with van der Waals surface area (Å²) < 4.78 is 32.0. The minimum Gasteiger partial charge on any atom is -0.394 e. The number of sulfonamides is 1. The predicted molar refractivity (Wildman–Crippen MR) is 76.2 cm³/mol. The van der Waals surface area contributed by atoms with E-state index in [4.69, 9.17) is 9.84 Å². The number of hydrogen-bond donors (Lipinski definition) is 2. The van der Waals surface area contributed by atoms with Gasteiger partial charge in [-0.3, -0.25) is 0 Å². The Labute approximate surface area is 119 Å². The van der Waals surface area contributed by atoms with E-state index in [1.165, 1.54) is 4.31 Å². The highest BCUT2D eigenvalue weighted by Crippen LogP contribution is 2.25. The third-order valence-electron chi connectivity index (χ3n) is 3.18. The first-order valence-corrected chi connectivity index (χ1v) is 8.09. The molecular formula is C13H20N2O4S. The van der Waals surface area contributed by atoms with Crippen LogP contribution in [0.3, 0.4) is 0 Å². The molecule has 0 spiro atoms. The first-order chi connectivity index (χ1) is 9.59. The molecular weight excluding hydrogens is 280 g/mol. The third kappa shape index (κ3) is 3.12. The fourth-order valence-corrected chi connectivity index (χ4v) is 3.81. The molecule has 1 aromatic carbocycles. The van der Waals surface area contributed by atoms with E-state index in [1.54, 1.807) is 24.3 Å². The Morgan fingerprint density at radius 3 is 2.90 bits per heavy atom. The molecule has 1 atom stereocenters. The molecule has 6 nitrogen and oxygen atoms in total. The lowest BCUT2D eigenvalue weighted by atomic mass is 10.3. The Kier molecular flexibility index (Phi) is 4.98. The monoisotopic (exact) mass is 300 g/mol. The van der Waals surface area contributed by atoms with Crippen LogP contribution in [0.25, 0.3) is 0 Å². The summed E-state index contributed by atoms with van der Waals surface area (Å²) in [5, 5.41) is 12.2. The molecule has 1 aromatic rings. The van der Waals surface area contributed by atoms with Gasteiger partial charge in [0.05, 0.1) is 25.0 Å². The number of nitrogens with zero attached hydrogens (tertiary/aromatic N) is 1. The van der Waals surface area contributed by atoms with Crippen molar-refractivity contribution in [2.24, 2.45) is 0 Å². The second-order valence-electron chi connectivity index (χ2n) is 4.56. The highest BCUT2D eigenvalue weighted by molar-refractivity contribution is 7.89. The Balaban J connectivity index is 2.30. The summed E-state index contributed by atoms with van der Waals surface area (Å²) >= 11 is 0. The highest BCUT2D eigenvalue weighted by Gasteiger charge is 2.31. The summed E-state index contributed by atoms with van der Waals surface area (Å²) in [6, 6.07) is 6.85. The van der Waals surface area contributed by atoms with E-state index in [1.807, 2.05) is 6.92 Å². The summed E-state index contributed by atoms with van der Waals surface area (Å²) in [4.78, 5) is 0.264. The molecule has 1 heterocycles. The van der Waals surface area contributed by atoms with Gasteiger partial charge in [0.2, 0.25) is 10.0 Å². The van der Waals surface area contributed by atoms with E-state index in [9.17, 15) is 8.42 Å². The van der Waals surface area contributed by atoms with Crippen LogP contribution in [0.15, 0.2) is 29.2 Å². The fraction of sp³-hybridized carbons (Fsp3) is 0.538. The lowest BCUT2D eigenvalue weighted by Gasteiger charge is -2.31. The molecule has 0 bridgehead atoms. The number of anilines is 1. The van der Waals surface area contributed by atoms with E-state index in [2.05, 4.69) is 5.32 Å². The molecule has 7 heteroatoms. The average Bonchev–Trinajstić information content (AvgIpc) is 2.48. The minimum atomic E-state index is -3.58. The molecule has 2 N–H and O–H groups in total. The van der Waals surface area contributed by atoms with Crippen molar-refractivity contribution in [3.05, 3.63) is 24.3 Å². The lowest BCUT2D eigenvalue weighted by Crippen LogP contribution is -2.46. The maximum Gasteiger partial charge on any atom is 0.245 e. The van der Waals surface area contributed by atoms with Crippen molar-refractivity contribution in [3.63, 3.8) is 0 Å². The standard InChI is InChI=1S/C13H20N2O4S/c1-2-14-12-5-3-4-6-13(12)20(17,18)15-7-8-19-11(9-15)10-16/h3-6,11,14,16H,2,7-10H2,1H3. The highest BCUT2D eigenvalue weighted by atomic mass is 32.2. The topological polar surface area (TPSA) is 78.9 Å². The largest absolute Gasteiger partial charge is 0.394 e. The second-order valence-corrected chi connectivity index (χ2v) is 6.47. The molecule has 20 heavy (non-hydrogen) atoms. The lowest BCUT2D eigenvalue weighted by molar-refractivity contribution is -0.0304. The Hall–Kier alpha value is -1.15. The van der Waals surface area contributed by atoms with Crippen molar-refractivity contribution in [1.82, 2.24) is 4.31 Å². The maximum atomic E-state index is 12.7. The van der Waals surface area contributed by atoms with Gasteiger partial charge in [0, 0.05) is 19.6 Å². The van der Waals surface area contributed by atoms with Gasteiger partial charge < -0.3 is 15.2 Å². The van der Waals surface area contributed by atoms with Gasteiger partial charge in [0.15, 0.2) is 0 Å². The van der Waals surface area contributed by atoms with Crippen molar-refractivity contribution in [2.45, 2.75) is 17.9 Å². The minimum absolute atomic E-state index is 0.180. The molecule has 0 aromatic heterocycles. The summed E-state index contributed by atoms with van der Waals surface area (Å²) in [6.07, 6.45) is -0.454. The van der Waals surface area contributed by atoms with Crippen molar-refractivity contribution < 1.29 is 18.3 Å². The van der Waals surface area contributed by atoms with Gasteiger partial charge in [-0.1, -0.05) is 12.1 Å². The molecule has 1 fully saturated rings. The number of aliphatic hydroxyl groups excluding tert-OH is 1. The molecule has 112 valence electrons. The molecule has 1 saturated heterocycles. The fourth-order valence-electron chi connectivity index (χ4n) is 2.19. The Morgan fingerprint density at radius 1 is 1.45 bits per heavy atom. The number of rotatable bonds is 5. The number of aliphatic hydroxyl groups is 1. The second kappa shape index (κ2) is 6.53. The van der Waals surface area contributed by atoms with Crippen molar-refractivity contribution in [1.29, 1.82) is 0 Å². The molecule has 1 aliphatic rings. The van der Waals surface area contributed by atoms with Crippen LogP contribution >= 0.6 is 0 Å². The van der Waals surface area contributed by atoms with Gasteiger partial charge in [0.25, 0.3) is 0 Å². The zero-order chi connectivity index (χ0) is 14.6. The predicted octanol–water partition coefficient (Wildman–Crippen LogP) is 0.500. The maximum absolute atomic E-state index is 12.7. The number of ether oxygens (including phenoxy) is 1. The van der Waals surface area contributed by atoms with Crippen LogP contribution in [0.1, 0.15) is 6.92 Å². The zero-order valence-electron chi connectivity index (χ0n) is 11.4. The van der Waals surface area contributed by atoms with E-state index in [0.29, 0.717) is 25.4 Å². The molecule has 0 aliphatic carbocycles. The van der Waals surface area contributed by atoms with Crippen molar-refractivity contribution >= 4 is 15.7 Å². The Bertz CT molecular complexity index is 547. The molecule has 1 unspecified atom stereocenters. The molecule has 2 rings (SSSR count). The van der Waals surface area contributed by atoms with Crippen LogP contribution < -0.4 is 5.32 Å². The SMILES string of the molecule is CCNc1ccccc1S(=O)(=O)N1CCOC(CO)C1. The van der Waals surface area contributed by atoms with Crippen LogP contribution in [0, 0.1) is 0 Å². The number of nitrogens with one attached hydrogen (secondary N) is 1. The molecule has 0 saturated carbocycles. The zero-order valence-corrected chi connectivity index (χ0v) is 12.3. The third-order valence-corrected chi connectivity index (χ3v) is 5.10. The van der Waals surface area contributed by atoms with E-state index in [0.717, 1.165) is 0 Å². The van der Waals surface area contributed by atoms with Gasteiger partial charge in [0.1, 0.15) is 4.90 Å². The van der Waals surface area contributed by atoms with Gasteiger partial charge in [-0.25, -0.2) is 8.42 Å². The number of benzene rings is 1. The summed E-state index contributed by atoms with van der Waals surface area (Å²) in [6.45, 7) is 3.17. The van der Waals surface area contributed by atoms with Crippen LogP contribution in [0.5, 0.6) is 0 Å². The van der Waals surface area contributed by atoms with E-state index in [-0.39, 0.29) is 18.0 Å². The first kappa shape index (κ1) is 15.2. The van der Waals surface area contributed by atoms with Crippen LogP contribution in [-0.2, 0) is 14.8 Å². The van der Waals surface area contributed by atoms with Crippen molar-refractivity contribution in [3.8, 4) is 0 Å². The number of hydrogen-bond acceptors (Lipinski definition) is 5. The normalized spacial score (nSPS) is 20.8. The molecule has 1 aliphatic heterocycles. The summed E-state index contributed by atoms with van der Waals surface area (Å²) in [5.41, 5.74) is 0.599. The van der Waals surface area contributed by atoms with Gasteiger partial charge in [-0.2, -0.15) is 4.31 Å². The van der Waals surface area contributed by atoms with Gasteiger partial charge >= 0.3 is 0 Å². The van der Waals surface area contributed by atoms with Gasteiger partial charge in [-0.05, 0) is 19.1 Å². The smallest absolute Gasteiger partial charge is 0.245 e.